The first-order chi connectivity index (χ1) is 10.5. The maximum Gasteiger partial charge on any atom is 0.412 e. The summed E-state index contributed by atoms with van der Waals surface area (Å²) in [5.74, 6) is 0.876. The van der Waals surface area contributed by atoms with E-state index in [1.54, 1.807) is 6.07 Å². The molecule has 0 saturated carbocycles. The number of fused-ring (bicyclic) bond motifs is 1. The van der Waals surface area contributed by atoms with E-state index in [9.17, 15) is 14.7 Å². The molecule has 3 rings (SSSR count). The third kappa shape index (κ3) is 2.56. The first-order valence-electron chi connectivity index (χ1n) is 7.86. The highest BCUT2D eigenvalue weighted by atomic mass is 16.4. The molecule has 0 bridgehead atoms. The van der Waals surface area contributed by atoms with Gasteiger partial charge in [-0.15, -0.1) is 0 Å². The Morgan fingerprint density at radius 1 is 1.14 bits per heavy atom. The maximum absolute atomic E-state index is 12.9. The van der Waals surface area contributed by atoms with Crippen molar-refractivity contribution in [2.24, 2.45) is 11.8 Å². The third-order valence-corrected chi connectivity index (χ3v) is 4.65. The predicted molar refractivity (Wildman–Crippen MR) is 84.0 cm³/mol. The van der Waals surface area contributed by atoms with Crippen LogP contribution < -0.4 is 4.90 Å². The number of rotatable bonds is 1. The van der Waals surface area contributed by atoms with Gasteiger partial charge in [0.05, 0.1) is 5.69 Å². The largest absolute Gasteiger partial charge is 0.465 e. The van der Waals surface area contributed by atoms with Gasteiger partial charge in [0.15, 0.2) is 0 Å². The number of carbonyl (C=O) groups excluding carboxylic acids is 1. The SMILES string of the molecule is C[C@@H]1C[C@H](C)CN(C(=O)[C@H]2Cc3ccccc3N2C(=O)O)C1. The quantitative estimate of drug-likeness (QED) is 0.867. The summed E-state index contributed by atoms with van der Waals surface area (Å²) in [5.41, 5.74) is 1.58. The van der Waals surface area contributed by atoms with Crippen LogP contribution in [0.1, 0.15) is 25.8 Å². The number of para-hydroxylation sites is 1. The highest BCUT2D eigenvalue weighted by Gasteiger charge is 2.41. The van der Waals surface area contributed by atoms with Crippen molar-refractivity contribution in [3.05, 3.63) is 29.8 Å². The third-order valence-electron chi connectivity index (χ3n) is 4.65. The van der Waals surface area contributed by atoms with E-state index >= 15 is 0 Å². The van der Waals surface area contributed by atoms with Crippen molar-refractivity contribution < 1.29 is 14.7 Å². The van der Waals surface area contributed by atoms with Gasteiger partial charge in [0.25, 0.3) is 0 Å². The standard InChI is InChI=1S/C17H22N2O3/c1-11-7-12(2)10-18(9-11)16(20)15-8-13-5-3-4-6-14(13)19(15)17(21)22/h3-6,11-12,15H,7-10H2,1-2H3,(H,21,22)/t11-,12+,15-/m1/s1. The fourth-order valence-corrected chi connectivity index (χ4v) is 3.87. The van der Waals surface area contributed by atoms with Gasteiger partial charge in [0, 0.05) is 19.5 Å². The zero-order chi connectivity index (χ0) is 15.9. The van der Waals surface area contributed by atoms with Gasteiger partial charge in [0.1, 0.15) is 6.04 Å². The Balaban J connectivity index is 1.85. The molecule has 0 aromatic heterocycles. The molecule has 2 heterocycles. The molecule has 0 spiro atoms. The summed E-state index contributed by atoms with van der Waals surface area (Å²) >= 11 is 0. The molecule has 5 heteroatoms. The number of piperidine rings is 1. The normalized spacial score (nSPS) is 27.6. The lowest BCUT2D eigenvalue weighted by molar-refractivity contribution is -0.135. The van der Waals surface area contributed by atoms with Gasteiger partial charge in [0.2, 0.25) is 5.91 Å². The van der Waals surface area contributed by atoms with Crippen molar-refractivity contribution in [3.63, 3.8) is 0 Å². The van der Waals surface area contributed by atoms with Gasteiger partial charge in [-0.25, -0.2) is 4.79 Å². The molecule has 22 heavy (non-hydrogen) atoms. The Hall–Kier alpha value is -2.04. The molecule has 2 amide bonds. The molecular formula is C17H22N2O3. The summed E-state index contributed by atoms with van der Waals surface area (Å²) in [6.45, 7) is 5.75. The van der Waals surface area contributed by atoms with E-state index in [1.807, 2.05) is 23.1 Å². The maximum atomic E-state index is 12.9. The summed E-state index contributed by atoms with van der Waals surface area (Å²) in [7, 11) is 0. The van der Waals surface area contributed by atoms with Gasteiger partial charge in [-0.3, -0.25) is 9.69 Å². The average molecular weight is 302 g/mol. The van der Waals surface area contributed by atoms with Crippen LogP contribution in [0.15, 0.2) is 24.3 Å². The highest BCUT2D eigenvalue weighted by Crippen LogP contribution is 2.33. The Morgan fingerprint density at radius 2 is 1.77 bits per heavy atom. The van der Waals surface area contributed by atoms with Gasteiger partial charge in [-0.1, -0.05) is 32.0 Å². The summed E-state index contributed by atoms with van der Waals surface area (Å²) < 4.78 is 0. The van der Waals surface area contributed by atoms with Crippen LogP contribution >= 0.6 is 0 Å². The molecule has 1 aromatic rings. The van der Waals surface area contributed by atoms with Crippen LogP contribution in [0.5, 0.6) is 0 Å². The van der Waals surface area contributed by atoms with E-state index in [0.717, 1.165) is 25.1 Å². The number of nitrogens with zero attached hydrogens (tertiary/aromatic N) is 2. The lowest BCUT2D eigenvalue weighted by atomic mass is 9.91. The first-order valence-corrected chi connectivity index (χ1v) is 7.86. The molecular weight excluding hydrogens is 280 g/mol. The Bertz CT molecular complexity index is 591. The number of benzene rings is 1. The second-order valence-corrected chi connectivity index (χ2v) is 6.69. The van der Waals surface area contributed by atoms with E-state index < -0.39 is 12.1 Å². The number of carboxylic acid groups (broad SMARTS) is 1. The zero-order valence-electron chi connectivity index (χ0n) is 13.0. The Labute approximate surface area is 130 Å². The summed E-state index contributed by atoms with van der Waals surface area (Å²) in [4.78, 5) is 27.6. The minimum atomic E-state index is -1.05. The predicted octanol–water partition coefficient (Wildman–Crippen LogP) is 2.60. The minimum absolute atomic E-state index is 0.0583. The van der Waals surface area contributed by atoms with Crippen molar-refractivity contribution in [1.29, 1.82) is 0 Å². The first kappa shape index (κ1) is 14.9. The number of amides is 2. The monoisotopic (exact) mass is 302 g/mol. The number of hydrogen-bond donors (Lipinski definition) is 1. The zero-order valence-corrected chi connectivity index (χ0v) is 13.0. The van der Waals surface area contributed by atoms with Crippen molar-refractivity contribution in [1.82, 2.24) is 4.90 Å². The molecule has 1 aromatic carbocycles. The molecule has 5 nitrogen and oxygen atoms in total. The van der Waals surface area contributed by atoms with Crippen LogP contribution in [-0.2, 0) is 11.2 Å². The molecule has 0 unspecified atom stereocenters. The topological polar surface area (TPSA) is 60.9 Å². The van der Waals surface area contributed by atoms with Crippen LogP contribution in [0.4, 0.5) is 10.5 Å². The molecule has 0 radical (unpaired) electrons. The van der Waals surface area contributed by atoms with Crippen molar-refractivity contribution in [2.75, 3.05) is 18.0 Å². The summed E-state index contributed by atoms with van der Waals surface area (Å²) in [5, 5.41) is 9.54. The number of carbonyl (C=O) groups is 2. The number of hydrogen-bond acceptors (Lipinski definition) is 2. The molecule has 3 atom stereocenters. The minimum Gasteiger partial charge on any atom is -0.465 e. The van der Waals surface area contributed by atoms with Crippen LogP contribution in [-0.4, -0.2) is 41.1 Å². The molecule has 118 valence electrons. The summed E-state index contributed by atoms with van der Waals surface area (Å²) in [6, 6.07) is 6.76. The van der Waals surface area contributed by atoms with Crippen LogP contribution in [0.25, 0.3) is 0 Å². The van der Waals surface area contributed by atoms with Crippen molar-refractivity contribution >= 4 is 17.7 Å². The van der Waals surface area contributed by atoms with Crippen LogP contribution in [0, 0.1) is 11.8 Å². The molecule has 0 aliphatic carbocycles. The van der Waals surface area contributed by atoms with E-state index in [-0.39, 0.29) is 5.91 Å². The molecule has 1 saturated heterocycles. The van der Waals surface area contributed by atoms with Crippen LogP contribution in [0.2, 0.25) is 0 Å². The molecule has 2 aliphatic heterocycles. The summed E-state index contributed by atoms with van der Waals surface area (Å²) in [6.07, 6.45) is 0.541. The van der Waals surface area contributed by atoms with E-state index in [2.05, 4.69) is 13.8 Å². The van der Waals surface area contributed by atoms with Gasteiger partial charge >= 0.3 is 6.09 Å². The van der Waals surface area contributed by atoms with E-state index in [4.69, 9.17) is 0 Å². The smallest absolute Gasteiger partial charge is 0.412 e. The van der Waals surface area contributed by atoms with Gasteiger partial charge < -0.3 is 10.0 Å². The van der Waals surface area contributed by atoms with Crippen molar-refractivity contribution in [2.45, 2.75) is 32.7 Å². The van der Waals surface area contributed by atoms with E-state index in [1.165, 1.54) is 4.90 Å². The van der Waals surface area contributed by atoms with Crippen molar-refractivity contribution in [3.8, 4) is 0 Å². The highest BCUT2D eigenvalue weighted by molar-refractivity contribution is 5.99. The fourth-order valence-electron chi connectivity index (χ4n) is 3.87. The molecule has 1 fully saturated rings. The van der Waals surface area contributed by atoms with Gasteiger partial charge in [-0.2, -0.15) is 0 Å². The second kappa shape index (κ2) is 5.63. The van der Waals surface area contributed by atoms with Gasteiger partial charge in [-0.05, 0) is 29.9 Å². The lowest BCUT2D eigenvalue weighted by Crippen LogP contribution is -2.52. The average Bonchev–Trinajstić information content (AvgIpc) is 2.84. The molecule has 1 N–H and O–H groups in total. The Kier molecular flexibility index (Phi) is 3.81. The lowest BCUT2D eigenvalue weighted by Gasteiger charge is -2.37. The molecule has 2 aliphatic rings. The second-order valence-electron chi connectivity index (χ2n) is 6.69. The van der Waals surface area contributed by atoms with E-state index in [0.29, 0.717) is 23.9 Å². The Morgan fingerprint density at radius 3 is 2.41 bits per heavy atom. The number of anilines is 1. The van der Waals surface area contributed by atoms with Crippen LogP contribution in [0.3, 0.4) is 0 Å². The number of likely N-dealkylation sites (tertiary alicyclic amines) is 1. The fraction of sp³-hybridized carbons (Fsp3) is 0.529.